The fourth-order valence-electron chi connectivity index (χ4n) is 4.18. The van der Waals surface area contributed by atoms with Crippen molar-refractivity contribution in [1.29, 1.82) is 0 Å². The molecule has 0 radical (unpaired) electrons. The molecule has 0 aliphatic carbocycles. The third kappa shape index (κ3) is 7.15. The van der Waals surface area contributed by atoms with E-state index in [4.69, 9.17) is 16.3 Å². The summed E-state index contributed by atoms with van der Waals surface area (Å²) in [5.74, 6) is -0.374. The normalized spacial score (nSPS) is 12.0. The Bertz CT molecular complexity index is 1610. The molecule has 7 nitrogen and oxygen atoms in total. The Labute approximate surface area is 239 Å². The van der Waals surface area contributed by atoms with Crippen molar-refractivity contribution >= 4 is 39.0 Å². The number of ketones is 1. The Morgan fingerprint density at radius 1 is 0.900 bits per heavy atom. The van der Waals surface area contributed by atoms with Crippen molar-refractivity contribution in [2.45, 2.75) is 31.2 Å². The van der Waals surface area contributed by atoms with E-state index in [1.54, 1.807) is 49.4 Å². The number of rotatable bonds is 11. The topological polar surface area (TPSA) is 102 Å². The maximum Gasteiger partial charge on any atom is 0.242 e. The van der Waals surface area contributed by atoms with E-state index in [1.165, 1.54) is 24.3 Å². The van der Waals surface area contributed by atoms with Gasteiger partial charge in [-0.25, -0.2) is 8.42 Å². The maximum absolute atomic E-state index is 13.6. The quantitative estimate of drug-likeness (QED) is 0.220. The highest BCUT2D eigenvalue weighted by Crippen LogP contribution is 2.25. The molecule has 0 saturated carbocycles. The molecule has 2 N–H and O–H groups in total. The molecule has 40 heavy (non-hydrogen) atoms. The van der Waals surface area contributed by atoms with Crippen molar-refractivity contribution in [3.63, 3.8) is 0 Å². The second-order valence-corrected chi connectivity index (χ2v) is 11.2. The van der Waals surface area contributed by atoms with Gasteiger partial charge in [0.15, 0.2) is 5.78 Å². The summed E-state index contributed by atoms with van der Waals surface area (Å²) in [4.78, 5) is 26.9. The second kappa shape index (κ2) is 12.9. The van der Waals surface area contributed by atoms with Crippen molar-refractivity contribution in [3.05, 3.63) is 124 Å². The monoisotopic (exact) mass is 576 g/mol. The number of carbonyl (C=O) groups is 2. The largest absolute Gasteiger partial charge is 0.494 e. The predicted octanol–water partition coefficient (Wildman–Crippen LogP) is 5.81. The van der Waals surface area contributed by atoms with Gasteiger partial charge in [-0.3, -0.25) is 9.59 Å². The van der Waals surface area contributed by atoms with E-state index in [0.29, 0.717) is 28.5 Å². The minimum Gasteiger partial charge on any atom is -0.494 e. The molecule has 0 fully saturated rings. The summed E-state index contributed by atoms with van der Waals surface area (Å²) >= 11 is 6.19. The van der Waals surface area contributed by atoms with Crippen LogP contribution in [0.4, 0.5) is 5.69 Å². The summed E-state index contributed by atoms with van der Waals surface area (Å²) in [6.45, 7) is 4.05. The fraction of sp³-hybridized carbons (Fsp3) is 0.161. The molecule has 1 atom stereocenters. The Morgan fingerprint density at radius 3 is 2.23 bits per heavy atom. The number of nitrogens with one attached hydrogen (secondary N) is 2. The Kier molecular flexibility index (Phi) is 9.37. The van der Waals surface area contributed by atoms with Gasteiger partial charge in [0.1, 0.15) is 11.8 Å². The summed E-state index contributed by atoms with van der Waals surface area (Å²) in [5, 5.41) is 3.08. The molecular weight excluding hydrogens is 548 g/mol. The summed E-state index contributed by atoms with van der Waals surface area (Å²) in [5.41, 5.74) is 2.24. The van der Waals surface area contributed by atoms with E-state index < -0.39 is 22.0 Å². The summed E-state index contributed by atoms with van der Waals surface area (Å²) in [6, 6.07) is 25.6. The van der Waals surface area contributed by atoms with Gasteiger partial charge in [0.2, 0.25) is 15.9 Å². The number of hydrogen-bond acceptors (Lipinski definition) is 5. The lowest BCUT2D eigenvalue weighted by Gasteiger charge is -2.20. The van der Waals surface area contributed by atoms with Crippen molar-refractivity contribution in [2.24, 2.45) is 0 Å². The molecule has 206 valence electrons. The molecule has 0 bridgehead atoms. The van der Waals surface area contributed by atoms with Crippen LogP contribution in [0.15, 0.2) is 102 Å². The van der Waals surface area contributed by atoms with Gasteiger partial charge >= 0.3 is 0 Å². The van der Waals surface area contributed by atoms with Crippen molar-refractivity contribution in [1.82, 2.24) is 4.72 Å². The van der Waals surface area contributed by atoms with Crippen molar-refractivity contribution in [3.8, 4) is 5.75 Å². The first-order valence-electron chi connectivity index (χ1n) is 12.7. The Hall–Kier alpha value is -3.98. The van der Waals surface area contributed by atoms with Crippen LogP contribution in [0, 0.1) is 6.92 Å². The molecule has 1 unspecified atom stereocenters. The van der Waals surface area contributed by atoms with Crippen LogP contribution in [0.3, 0.4) is 0 Å². The smallest absolute Gasteiger partial charge is 0.242 e. The number of anilines is 1. The van der Waals surface area contributed by atoms with Gasteiger partial charge in [0.25, 0.3) is 0 Å². The lowest BCUT2D eigenvalue weighted by Crippen LogP contribution is -2.45. The zero-order valence-corrected chi connectivity index (χ0v) is 23.6. The molecule has 0 aromatic heterocycles. The molecule has 0 aliphatic heterocycles. The molecule has 4 aromatic rings. The summed E-state index contributed by atoms with van der Waals surface area (Å²) < 4.78 is 34.9. The first-order valence-corrected chi connectivity index (χ1v) is 14.5. The van der Waals surface area contributed by atoms with Gasteiger partial charge in [0.05, 0.1) is 17.2 Å². The van der Waals surface area contributed by atoms with Gasteiger partial charge in [-0.05, 0) is 67.8 Å². The molecule has 0 saturated heterocycles. The zero-order valence-electron chi connectivity index (χ0n) is 22.1. The molecule has 0 aliphatic rings. The Balaban J connectivity index is 1.65. The third-order valence-electron chi connectivity index (χ3n) is 6.17. The van der Waals surface area contributed by atoms with Gasteiger partial charge < -0.3 is 10.1 Å². The molecule has 0 heterocycles. The Morgan fingerprint density at radius 2 is 1.57 bits per heavy atom. The van der Waals surface area contributed by atoms with Gasteiger partial charge in [-0.1, -0.05) is 72.3 Å². The molecule has 4 rings (SSSR count). The van der Waals surface area contributed by atoms with E-state index in [2.05, 4.69) is 10.0 Å². The van der Waals surface area contributed by atoms with Crippen LogP contribution in [0.5, 0.6) is 5.75 Å². The van der Waals surface area contributed by atoms with Gasteiger partial charge in [-0.15, -0.1) is 0 Å². The molecule has 9 heteroatoms. The number of hydrogen-bond donors (Lipinski definition) is 2. The first kappa shape index (κ1) is 29.0. The number of benzene rings is 4. The van der Waals surface area contributed by atoms with E-state index in [1.807, 2.05) is 37.3 Å². The fourth-order valence-corrected chi connectivity index (χ4v) is 5.63. The number of aryl methyl sites for hydroxylation is 1. The van der Waals surface area contributed by atoms with E-state index in [9.17, 15) is 18.0 Å². The van der Waals surface area contributed by atoms with Crippen LogP contribution in [0.2, 0.25) is 5.02 Å². The van der Waals surface area contributed by atoms with E-state index in [-0.39, 0.29) is 28.4 Å². The molecule has 0 spiro atoms. The second-order valence-electron chi connectivity index (χ2n) is 9.10. The zero-order chi connectivity index (χ0) is 28.7. The van der Waals surface area contributed by atoms with E-state index >= 15 is 0 Å². The van der Waals surface area contributed by atoms with Gasteiger partial charge in [0, 0.05) is 16.1 Å². The highest BCUT2D eigenvalue weighted by atomic mass is 35.5. The average Bonchev–Trinajstić information content (AvgIpc) is 2.95. The van der Waals surface area contributed by atoms with Crippen molar-refractivity contribution < 1.29 is 22.7 Å². The number of carbonyl (C=O) groups excluding carboxylic acids is 2. The minimum atomic E-state index is -4.10. The van der Waals surface area contributed by atoms with Crippen LogP contribution < -0.4 is 14.8 Å². The average molecular weight is 577 g/mol. The molecule has 1 amide bonds. The predicted molar refractivity (Wildman–Crippen MR) is 157 cm³/mol. The highest BCUT2D eigenvalue weighted by molar-refractivity contribution is 7.89. The first-order chi connectivity index (χ1) is 19.2. The van der Waals surface area contributed by atoms with Crippen LogP contribution >= 0.6 is 11.6 Å². The van der Waals surface area contributed by atoms with E-state index in [0.717, 1.165) is 5.56 Å². The van der Waals surface area contributed by atoms with Crippen LogP contribution in [0.25, 0.3) is 0 Å². The minimum absolute atomic E-state index is 0.00533. The highest BCUT2D eigenvalue weighted by Gasteiger charge is 2.28. The van der Waals surface area contributed by atoms with Crippen LogP contribution in [0.1, 0.15) is 34.0 Å². The lowest BCUT2D eigenvalue weighted by atomic mass is 10.0. The number of halogens is 1. The lowest BCUT2D eigenvalue weighted by molar-refractivity contribution is -0.117. The molecular formula is C31H29ClN2O5S. The third-order valence-corrected chi connectivity index (χ3v) is 7.88. The van der Waals surface area contributed by atoms with Gasteiger partial charge in [-0.2, -0.15) is 4.72 Å². The SMILES string of the molecule is CCOc1ccc(S(=O)(=O)NC(Cc2ccccc2)C(=O)Nc2ccc(Cl)cc2C(=O)c2ccccc2)cc1C. The summed E-state index contributed by atoms with van der Waals surface area (Å²) in [7, 11) is -4.10. The van der Waals surface area contributed by atoms with Crippen LogP contribution in [-0.2, 0) is 21.2 Å². The molecule has 4 aromatic carbocycles. The van der Waals surface area contributed by atoms with Crippen molar-refractivity contribution in [2.75, 3.05) is 11.9 Å². The number of sulfonamides is 1. The number of amides is 1. The standard InChI is InChI=1S/C31H29ClN2O5S/c1-3-39-29-17-15-25(18-21(29)2)40(37,38)34-28(19-22-10-6-4-7-11-22)31(36)33-27-16-14-24(32)20-26(27)30(35)23-12-8-5-9-13-23/h4-18,20,28,34H,3,19H2,1-2H3,(H,33,36). The number of ether oxygens (including phenoxy) is 1. The maximum atomic E-state index is 13.6. The summed E-state index contributed by atoms with van der Waals surface area (Å²) in [6.07, 6.45) is 0.0808. The van der Waals surface area contributed by atoms with Crippen LogP contribution in [-0.4, -0.2) is 32.8 Å².